The third kappa shape index (κ3) is 5.67. The van der Waals surface area contributed by atoms with Crippen LogP contribution in [0.2, 0.25) is 0 Å². The molecule has 1 aromatic heterocycles. The third-order valence-electron chi connectivity index (χ3n) is 7.61. The number of hydrogen-bond donors (Lipinski definition) is 3. The standard InChI is InChI=1S/C36H28N4O3/c1-23(26-11-13-28(14-12-26)36(42)43)38-35(41)32-15-16-33(39-30-8-4-5-24(20-30)21-37)31-17-18-40(34(31)32)22-25-9-10-27-6-2-3-7-29(27)19-25/h2-20,23,39H,22H2,1H3,(H,38,41)(H,42,43)/t23-/m0/s1. The molecule has 43 heavy (non-hydrogen) atoms. The lowest BCUT2D eigenvalue weighted by Crippen LogP contribution is -2.27. The Labute approximate surface area is 248 Å². The van der Waals surface area contributed by atoms with Gasteiger partial charge in [-0.15, -0.1) is 0 Å². The maximum Gasteiger partial charge on any atom is 0.335 e. The van der Waals surface area contributed by atoms with Crippen molar-refractivity contribution in [2.45, 2.75) is 19.5 Å². The van der Waals surface area contributed by atoms with Crippen LogP contribution < -0.4 is 10.6 Å². The van der Waals surface area contributed by atoms with E-state index in [4.69, 9.17) is 0 Å². The highest BCUT2D eigenvalue weighted by Gasteiger charge is 2.19. The zero-order valence-corrected chi connectivity index (χ0v) is 23.4. The lowest BCUT2D eigenvalue weighted by Gasteiger charge is -2.17. The molecule has 0 spiro atoms. The van der Waals surface area contributed by atoms with Crippen LogP contribution in [0.4, 0.5) is 11.4 Å². The number of rotatable bonds is 8. The van der Waals surface area contributed by atoms with Crippen molar-refractivity contribution < 1.29 is 14.7 Å². The number of hydrogen-bond acceptors (Lipinski definition) is 4. The minimum atomic E-state index is -0.995. The van der Waals surface area contributed by atoms with Crippen molar-refractivity contribution in [1.29, 1.82) is 5.26 Å². The van der Waals surface area contributed by atoms with E-state index in [0.717, 1.165) is 38.8 Å². The van der Waals surface area contributed by atoms with Gasteiger partial charge < -0.3 is 20.3 Å². The van der Waals surface area contributed by atoms with E-state index in [1.165, 1.54) is 17.5 Å². The molecular weight excluding hydrogens is 536 g/mol. The van der Waals surface area contributed by atoms with Gasteiger partial charge in [0.1, 0.15) is 0 Å². The summed E-state index contributed by atoms with van der Waals surface area (Å²) in [6, 6.07) is 35.9. The van der Waals surface area contributed by atoms with Crippen molar-refractivity contribution in [3.05, 3.63) is 143 Å². The molecule has 5 aromatic carbocycles. The number of amides is 1. The van der Waals surface area contributed by atoms with Gasteiger partial charge in [-0.05, 0) is 83.4 Å². The molecule has 6 rings (SSSR count). The molecule has 3 N–H and O–H groups in total. The Morgan fingerprint density at radius 3 is 2.44 bits per heavy atom. The van der Waals surface area contributed by atoms with E-state index >= 15 is 0 Å². The highest BCUT2D eigenvalue weighted by molar-refractivity contribution is 6.10. The zero-order valence-electron chi connectivity index (χ0n) is 23.4. The summed E-state index contributed by atoms with van der Waals surface area (Å²) in [6.07, 6.45) is 1.99. The smallest absolute Gasteiger partial charge is 0.335 e. The summed E-state index contributed by atoms with van der Waals surface area (Å²) in [7, 11) is 0. The number of nitriles is 1. The Morgan fingerprint density at radius 1 is 0.884 bits per heavy atom. The van der Waals surface area contributed by atoms with E-state index in [0.29, 0.717) is 17.7 Å². The Hall–Kier alpha value is -5.87. The number of carbonyl (C=O) groups excluding carboxylic acids is 1. The first-order valence-electron chi connectivity index (χ1n) is 13.9. The lowest BCUT2D eigenvalue weighted by atomic mass is 10.0. The topological polar surface area (TPSA) is 107 Å². The van der Waals surface area contributed by atoms with Crippen LogP contribution in [0.5, 0.6) is 0 Å². The lowest BCUT2D eigenvalue weighted by molar-refractivity contribution is 0.0696. The fraction of sp³-hybridized carbons (Fsp3) is 0.0833. The van der Waals surface area contributed by atoms with Crippen LogP contribution in [0, 0.1) is 11.3 Å². The number of anilines is 2. The number of benzene rings is 5. The van der Waals surface area contributed by atoms with Gasteiger partial charge in [-0.1, -0.05) is 54.6 Å². The van der Waals surface area contributed by atoms with Crippen molar-refractivity contribution in [1.82, 2.24) is 9.88 Å². The Morgan fingerprint density at radius 2 is 1.67 bits per heavy atom. The molecular formula is C36H28N4O3. The molecule has 1 amide bonds. The molecule has 0 saturated carbocycles. The first-order chi connectivity index (χ1) is 20.9. The highest BCUT2D eigenvalue weighted by atomic mass is 16.4. The fourth-order valence-corrected chi connectivity index (χ4v) is 5.38. The maximum absolute atomic E-state index is 13.8. The predicted molar refractivity (Wildman–Crippen MR) is 169 cm³/mol. The molecule has 0 aliphatic heterocycles. The molecule has 0 aliphatic carbocycles. The Kier molecular flexibility index (Phi) is 7.34. The van der Waals surface area contributed by atoms with E-state index in [1.54, 1.807) is 24.3 Å². The molecule has 6 aromatic rings. The minimum Gasteiger partial charge on any atom is -0.478 e. The molecule has 0 saturated heterocycles. The molecule has 7 nitrogen and oxygen atoms in total. The number of aromatic carboxylic acids is 1. The van der Waals surface area contributed by atoms with Crippen molar-refractivity contribution in [3.8, 4) is 6.07 Å². The normalized spacial score (nSPS) is 11.6. The largest absolute Gasteiger partial charge is 0.478 e. The molecule has 0 unspecified atom stereocenters. The molecule has 0 radical (unpaired) electrons. The number of fused-ring (bicyclic) bond motifs is 2. The monoisotopic (exact) mass is 564 g/mol. The molecule has 0 aliphatic rings. The van der Waals surface area contributed by atoms with Gasteiger partial charge in [-0.3, -0.25) is 4.79 Å². The summed E-state index contributed by atoms with van der Waals surface area (Å²) >= 11 is 0. The van der Waals surface area contributed by atoms with Gasteiger partial charge in [0.15, 0.2) is 0 Å². The average molecular weight is 565 g/mol. The summed E-state index contributed by atoms with van der Waals surface area (Å²) in [4.78, 5) is 25.0. The van der Waals surface area contributed by atoms with Crippen molar-refractivity contribution in [2.24, 2.45) is 0 Å². The molecule has 0 fully saturated rings. The summed E-state index contributed by atoms with van der Waals surface area (Å²) in [5, 5.41) is 28.3. The van der Waals surface area contributed by atoms with Gasteiger partial charge in [0.05, 0.1) is 34.3 Å². The third-order valence-corrected chi connectivity index (χ3v) is 7.61. The van der Waals surface area contributed by atoms with Crippen LogP contribution in [-0.4, -0.2) is 21.6 Å². The maximum atomic E-state index is 13.8. The first kappa shape index (κ1) is 27.3. The van der Waals surface area contributed by atoms with Crippen LogP contribution in [0.3, 0.4) is 0 Å². The van der Waals surface area contributed by atoms with Crippen LogP contribution in [-0.2, 0) is 6.54 Å². The molecule has 7 heteroatoms. The second-order valence-electron chi connectivity index (χ2n) is 10.5. The van der Waals surface area contributed by atoms with Gasteiger partial charge in [0.25, 0.3) is 5.91 Å². The quantitative estimate of drug-likeness (QED) is 0.176. The molecule has 210 valence electrons. The van der Waals surface area contributed by atoms with E-state index in [-0.39, 0.29) is 17.5 Å². The predicted octanol–water partition coefficient (Wildman–Crippen LogP) is 7.65. The van der Waals surface area contributed by atoms with Crippen molar-refractivity contribution in [3.63, 3.8) is 0 Å². The fourth-order valence-electron chi connectivity index (χ4n) is 5.38. The van der Waals surface area contributed by atoms with Gasteiger partial charge in [-0.25, -0.2) is 4.79 Å². The average Bonchev–Trinajstić information content (AvgIpc) is 3.45. The number of nitrogens with one attached hydrogen (secondary N) is 2. The Balaban J connectivity index is 1.37. The van der Waals surface area contributed by atoms with Gasteiger partial charge in [0.2, 0.25) is 0 Å². The molecule has 1 heterocycles. The van der Waals surface area contributed by atoms with E-state index in [9.17, 15) is 20.0 Å². The van der Waals surface area contributed by atoms with Gasteiger partial charge in [0, 0.05) is 29.5 Å². The van der Waals surface area contributed by atoms with Crippen LogP contribution in [0.15, 0.2) is 115 Å². The number of nitrogens with zero attached hydrogens (tertiary/aromatic N) is 2. The van der Waals surface area contributed by atoms with E-state index in [1.807, 2.05) is 55.6 Å². The number of carboxylic acids is 1. The second-order valence-corrected chi connectivity index (χ2v) is 10.5. The number of aromatic nitrogens is 1. The SMILES string of the molecule is C[C@H](NC(=O)c1ccc(Nc2cccc(C#N)c2)c2ccn(Cc3ccc4ccccc4c3)c12)c1ccc(C(=O)O)cc1. The van der Waals surface area contributed by atoms with Crippen molar-refractivity contribution in [2.75, 3.05) is 5.32 Å². The zero-order chi connectivity index (χ0) is 29.9. The van der Waals surface area contributed by atoms with Crippen molar-refractivity contribution >= 4 is 44.9 Å². The molecule has 1 atom stereocenters. The van der Waals surface area contributed by atoms with E-state index < -0.39 is 5.97 Å². The number of carboxylic acid groups (broad SMARTS) is 1. The summed E-state index contributed by atoms with van der Waals surface area (Å²) in [6.45, 7) is 2.44. The van der Waals surface area contributed by atoms with Crippen LogP contribution in [0.1, 0.15) is 50.4 Å². The Bertz CT molecular complexity index is 2040. The van der Waals surface area contributed by atoms with Crippen LogP contribution >= 0.6 is 0 Å². The highest BCUT2D eigenvalue weighted by Crippen LogP contribution is 2.32. The minimum absolute atomic E-state index is 0.193. The van der Waals surface area contributed by atoms with Gasteiger partial charge in [-0.2, -0.15) is 5.26 Å². The van der Waals surface area contributed by atoms with Crippen LogP contribution in [0.25, 0.3) is 21.7 Å². The number of carbonyl (C=O) groups is 2. The summed E-state index contributed by atoms with van der Waals surface area (Å²) in [5.74, 6) is -1.23. The first-order valence-corrected chi connectivity index (χ1v) is 13.9. The summed E-state index contributed by atoms with van der Waals surface area (Å²) < 4.78 is 2.08. The summed E-state index contributed by atoms with van der Waals surface area (Å²) in [5.41, 5.74) is 5.54. The van der Waals surface area contributed by atoms with Gasteiger partial charge >= 0.3 is 5.97 Å². The second kappa shape index (κ2) is 11.6. The molecule has 0 bridgehead atoms. The van der Waals surface area contributed by atoms with E-state index in [2.05, 4.69) is 51.6 Å².